The van der Waals surface area contributed by atoms with Crippen molar-refractivity contribution in [3.8, 4) is 0 Å². The van der Waals surface area contributed by atoms with E-state index in [0.717, 1.165) is 19.3 Å². The number of nitrogens with zero attached hydrogens (tertiary/aromatic N) is 2. The van der Waals surface area contributed by atoms with Gasteiger partial charge in [-0.15, -0.1) is 0 Å². The molecule has 134 valence electrons. The molecule has 2 bridgehead atoms. The predicted octanol–water partition coefficient (Wildman–Crippen LogP) is 1.48. The van der Waals surface area contributed by atoms with Gasteiger partial charge in [0.25, 0.3) is 5.91 Å². The second-order valence-corrected chi connectivity index (χ2v) is 7.56. The smallest absolute Gasteiger partial charge is 0.254 e. The molecule has 2 N–H and O–H groups in total. The van der Waals surface area contributed by atoms with Crippen LogP contribution in [0.2, 0.25) is 0 Å². The van der Waals surface area contributed by atoms with Crippen LogP contribution in [0.25, 0.3) is 0 Å². The Labute approximate surface area is 147 Å². The van der Waals surface area contributed by atoms with Gasteiger partial charge >= 0.3 is 0 Å². The van der Waals surface area contributed by atoms with E-state index >= 15 is 0 Å². The van der Waals surface area contributed by atoms with Crippen molar-refractivity contribution in [2.45, 2.75) is 25.3 Å². The Bertz CT molecular complexity index is 685. The number of rotatable bonds is 2. The quantitative estimate of drug-likeness (QED) is 0.883. The SMILES string of the molecule is NC1C2CCC(C2)C1C(=O)N1CCN(C(=O)c2cccc(F)c2)CC1. The average molecular weight is 345 g/mol. The van der Waals surface area contributed by atoms with Crippen molar-refractivity contribution in [3.63, 3.8) is 0 Å². The standard InChI is InChI=1S/C19H24FN3O2/c20-15-3-1-2-14(11-15)18(24)22-6-8-23(9-7-22)19(25)16-12-4-5-13(10-12)17(16)21/h1-3,11-13,16-17H,4-10,21H2. The Balaban J connectivity index is 1.37. The van der Waals surface area contributed by atoms with Crippen LogP contribution in [0, 0.1) is 23.6 Å². The molecule has 6 heteroatoms. The first-order valence-electron chi connectivity index (χ1n) is 9.14. The molecule has 1 saturated heterocycles. The second-order valence-electron chi connectivity index (χ2n) is 7.56. The summed E-state index contributed by atoms with van der Waals surface area (Å²) in [5.74, 6) is 0.490. The third-order valence-corrected chi connectivity index (χ3v) is 6.22. The molecule has 4 atom stereocenters. The van der Waals surface area contributed by atoms with Gasteiger partial charge in [0, 0.05) is 37.8 Å². The molecular formula is C19H24FN3O2. The van der Waals surface area contributed by atoms with Gasteiger partial charge in [0.05, 0.1) is 5.92 Å². The predicted molar refractivity (Wildman–Crippen MR) is 91.2 cm³/mol. The molecule has 2 amide bonds. The number of amides is 2. The lowest BCUT2D eigenvalue weighted by atomic mass is 9.84. The molecule has 4 unspecified atom stereocenters. The topological polar surface area (TPSA) is 66.6 Å². The first-order chi connectivity index (χ1) is 12.0. The maximum absolute atomic E-state index is 13.3. The van der Waals surface area contributed by atoms with Crippen molar-refractivity contribution in [1.82, 2.24) is 9.80 Å². The molecule has 1 aliphatic heterocycles. The van der Waals surface area contributed by atoms with Crippen LogP contribution in [0.15, 0.2) is 24.3 Å². The summed E-state index contributed by atoms with van der Waals surface area (Å²) in [6, 6.07) is 5.74. The lowest BCUT2D eigenvalue weighted by Crippen LogP contribution is -2.54. The number of piperazine rings is 1. The van der Waals surface area contributed by atoms with Gasteiger partial charge in [-0.05, 0) is 49.3 Å². The van der Waals surface area contributed by atoms with Crippen LogP contribution in [0.1, 0.15) is 29.6 Å². The van der Waals surface area contributed by atoms with Crippen molar-refractivity contribution >= 4 is 11.8 Å². The molecule has 3 fully saturated rings. The van der Waals surface area contributed by atoms with Gasteiger partial charge < -0.3 is 15.5 Å². The van der Waals surface area contributed by atoms with Crippen LogP contribution in [-0.4, -0.2) is 53.8 Å². The maximum Gasteiger partial charge on any atom is 0.254 e. The van der Waals surface area contributed by atoms with Crippen molar-refractivity contribution < 1.29 is 14.0 Å². The highest BCUT2D eigenvalue weighted by atomic mass is 19.1. The number of hydrogen-bond acceptors (Lipinski definition) is 3. The Morgan fingerprint density at radius 2 is 1.72 bits per heavy atom. The summed E-state index contributed by atoms with van der Waals surface area (Å²) in [4.78, 5) is 28.9. The third kappa shape index (κ3) is 2.92. The lowest BCUT2D eigenvalue weighted by Gasteiger charge is -2.38. The molecular weight excluding hydrogens is 321 g/mol. The number of fused-ring (bicyclic) bond motifs is 2. The van der Waals surface area contributed by atoms with Crippen molar-refractivity contribution in [1.29, 1.82) is 0 Å². The highest BCUT2D eigenvalue weighted by molar-refractivity contribution is 5.94. The molecule has 5 nitrogen and oxygen atoms in total. The summed E-state index contributed by atoms with van der Waals surface area (Å²) in [6.07, 6.45) is 3.37. The van der Waals surface area contributed by atoms with Crippen LogP contribution in [0.4, 0.5) is 4.39 Å². The number of hydrogen-bond donors (Lipinski definition) is 1. The largest absolute Gasteiger partial charge is 0.339 e. The Morgan fingerprint density at radius 1 is 1.04 bits per heavy atom. The van der Waals surface area contributed by atoms with E-state index in [4.69, 9.17) is 5.73 Å². The maximum atomic E-state index is 13.3. The average Bonchev–Trinajstić information content (AvgIpc) is 3.22. The van der Waals surface area contributed by atoms with Crippen LogP contribution in [-0.2, 0) is 4.79 Å². The fourth-order valence-corrected chi connectivity index (χ4v) is 4.85. The summed E-state index contributed by atoms with van der Waals surface area (Å²) < 4.78 is 13.3. The van der Waals surface area contributed by atoms with E-state index in [2.05, 4.69) is 0 Å². The summed E-state index contributed by atoms with van der Waals surface area (Å²) in [5, 5.41) is 0. The summed E-state index contributed by atoms with van der Waals surface area (Å²) in [7, 11) is 0. The van der Waals surface area contributed by atoms with Crippen molar-refractivity contribution in [2.24, 2.45) is 23.5 Å². The van der Waals surface area contributed by atoms with Gasteiger partial charge in [0.1, 0.15) is 5.82 Å². The van der Waals surface area contributed by atoms with E-state index < -0.39 is 5.82 Å². The molecule has 2 aliphatic carbocycles. The molecule has 0 aromatic heterocycles. The highest BCUT2D eigenvalue weighted by Gasteiger charge is 2.50. The van der Waals surface area contributed by atoms with E-state index in [1.807, 2.05) is 4.90 Å². The fourth-order valence-electron chi connectivity index (χ4n) is 4.85. The Hall–Kier alpha value is -1.95. The van der Waals surface area contributed by atoms with Gasteiger partial charge in [-0.2, -0.15) is 0 Å². The van der Waals surface area contributed by atoms with E-state index in [-0.39, 0.29) is 23.8 Å². The van der Waals surface area contributed by atoms with Crippen LogP contribution >= 0.6 is 0 Å². The molecule has 25 heavy (non-hydrogen) atoms. The van der Waals surface area contributed by atoms with E-state index in [1.165, 1.54) is 12.1 Å². The monoisotopic (exact) mass is 345 g/mol. The van der Waals surface area contributed by atoms with Crippen LogP contribution < -0.4 is 5.73 Å². The first-order valence-corrected chi connectivity index (χ1v) is 9.14. The summed E-state index contributed by atoms with van der Waals surface area (Å²) >= 11 is 0. The number of benzene rings is 1. The zero-order valence-corrected chi connectivity index (χ0v) is 14.2. The number of carbonyl (C=O) groups is 2. The molecule has 3 aliphatic rings. The Kier molecular flexibility index (Phi) is 4.23. The summed E-state index contributed by atoms with van der Waals surface area (Å²) in [6.45, 7) is 2.02. The minimum atomic E-state index is -0.412. The van der Waals surface area contributed by atoms with Crippen molar-refractivity contribution in [3.05, 3.63) is 35.6 Å². The highest BCUT2D eigenvalue weighted by Crippen LogP contribution is 2.48. The normalized spacial score (nSPS) is 31.4. The molecule has 0 radical (unpaired) electrons. The van der Waals surface area contributed by atoms with Gasteiger partial charge in [0.2, 0.25) is 5.91 Å². The number of carbonyl (C=O) groups excluding carboxylic acids is 2. The molecule has 1 aromatic rings. The molecule has 4 rings (SSSR count). The van der Waals surface area contributed by atoms with E-state index in [9.17, 15) is 14.0 Å². The first kappa shape index (κ1) is 16.5. The summed E-state index contributed by atoms with van der Waals surface area (Å²) in [5.41, 5.74) is 6.65. The van der Waals surface area contributed by atoms with E-state index in [0.29, 0.717) is 43.6 Å². The molecule has 1 aromatic carbocycles. The van der Waals surface area contributed by atoms with Crippen LogP contribution in [0.3, 0.4) is 0 Å². The van der Waals surface area contributed by atoms with Gasteiger partial charge in [0.15, 0.2) is 0 Å². The van der Waals surface area contributed by atoms with Gasteiger partial charge in [-0.25, -0.2) is 4.39 Å². The zero-order chi connectivity index (χ0) is 17.6. The Morgan fingerprint density at radius 3 is 2.36 bits per heavy atom. The molecule has 2 saturated carbocycles. The minimum absolute atomic E-state index is 0.00166. The lowest BCUT2D eigenvalue weighted by molar-refractivity contribution is -0.139. The molecule has 1 heterocycles. The van der Waals surface area contributed by atoms with Gasteiger partial charge in [-0.3, -0.25) is 9.59 Å². The van der Waals surface area contributed by atoms with Crippen molar-refractivity contribution in [2.75, 3.05) is 26.2 Å². The fraction of sp³-hybridized carbons (Fsp3) is 0.579. The number of nitrogens with two attached hydrogens (primary N) is 1. The third-order valence-electron chi connectivity index (χ3n) is 6.22. The van der Waals surface area contributed by atoms with Gasteiger partial charge in [-0.1, -0.05) is 6.07 Å². The van der Waals surface area contributed by atoms with E-state index in [1.54, 1.807) is 17.0 Å². The second kappa shape index (κ2) is 6.41. The van der Waals surface area contributed by atoms with Crippen LogP contribution in [0.5, 0.6) is 0 Å². The zero-order valence-electron chi connectivity index (χ0n) is 14.2. The number of halogens is 1. The molecule has 0 spiro atoms. The minimum Gasteiger partial charge on any atom is -0.339 e.